The number of nitrogens with zero attached hydrogens (tertiary/aromatic N) is 2. The van der Waals surface area contributed by atoms with Crippen LogP contribution in [-0.4, -0.2) is 21.5 Å². The quantitative estimate of drug-likeness (QED) is 0.400. The van der Waals surface area contributed by atoms with Crippen molar-refractivity contribution in [2.45, 2.75) is 12.8 Å². The summed E-state index contributed by atoms with van der Waals surface area (Å²) >= 11 is 0. The van der Waals surface area contributed by atoms with Crippen LogP contribution in [0.3, 0.4) is 0 Å². The fourth-order valence-electron chi connectivity index (χ4n) is 3.97. The van der Waals surface area contributed by atoms with Gasteiger partial charge in [-0.3, -0.25) is 24.7 Å². The molecule has 1 heterocycles. The Balaban J connectivity index is 1.89. The first kappa shape index (κ1) is 15.6. The van der Waals surface area contributed by atoms with Crippen LogP contribution in [0.25, 0.3) is 22.4 Å². The van der Waals surface area contributed by atoms with E-state index in [1.165, 1.54) is 12.1 Å². The summed E-state index contributed by atoms with van der Waals surface area (Å²) in [7, 11) is 0. The van der Waals surface area contributed by atoms with E-state index in [2.05, 4.69) is 4.98 Å². The minimum Gasteiger partial charge on any atom is -0.294 e. The summed E-state index contributed by atoms with van der Waals surface area (Å²) in [6, 6.07) is 13.3. The minimum atomic E-state index is -0.483. The van der Waals surface area contributed by atoms with Crippen LogP contribution in [0.5, 0.6) is 0 Å². The third kappa shape index (κ3) is 2.10. The molecule has 2 aliphatic rings. The molecular weight excluding hydrogens is 344 g/mol. The van der Waals surface area contributed by atoms with Crippen LogP contribution >= 0.6 is 0 Å². The van der Waals surface area contributed by atoms with Gasteiger partial charge in [0.25, 0.3) is 5.69 Å². The summed E-state index contributed by atoms with van der Waals surface area (Å²) in [5.74, 6) is -0.275. The number of ketones is 2. The summed E-state index contributed by atoms with van der Waals surface area (Å²) in [5, 5.41) is 11.2. The molecule has 5 rings (SSSR count). The van der Waals surface area contributed by atoms with Crippen molar-refractivity contribution in [2.24, 2.45) is 0 Å². The van der Waals surface area contributed by atoms with Crippen LogP contribution in [0.4, 0.5) is 5.69 Å². The minimum absolute atomic E-state index is 0.0782. The van der Waals surface area contributed by atoms with Crippen LogP contribution < -0.4 is 0 Å². The smallest absolute Gasteiger partial charge is 0.270 e. The highest BCUT2D eigenvalue weighted by Crippen LogP contribution is 2.45. The van der Waals surface area contributed by atoms with Gasteiger partial charge in [-0.1, -0.05) is 36.4 Å². The van der Waals surface area contributed by atoms with E-state index in [0.717, 1.165) is 5.56 Å². The van der Waals surface area contributed by atoms with E-state index in [9.17, 15) is 19.7 Å². The fraction of sp³-hybridized carbons (Fsp3) is 0.0952. The molecule has 0 unspecified atom stereocenters. The number of rotatable bonds is 2. The van der Waals surface area contributed by atoms with E-state index in [4.69, 9.17) is 0 Å². The molecule has 0 amide bonds. The van der Waals surface area contributed by atoms with Gasteiger partial charge in [-0.15, -0.1) is 0 Å². The first-order valence-electron chi connectivity index (χ1n) is 8.55. The number of pyridine rings is 1. The van der Waals surface area contributed by atoms with Crippen molar-refractivity contribution in [1.82, 2.24) is 4.98 Å². The average molecular weight is 356 g/mol. The predicted molar refractivity (Wildman–Crippen MR) is 97.8 cm³/mol. The maximum Gasteiger partial charge on any atom is 0.270 e. The van der Waals surface area contributed by atoms with Crippen molar-refractivity contribution in [3.05, 3.63) is 81.0 Å². The van der Waals surface area contributed by atoms with Crippen LogP contribution in [0.15, 0.2) is 48.5 Å². The number of hydrogen-bond acceptors (Lipinski definition) is 5. The van der Waals surface area contributed by atoms with Gasteiger partial charge in [0, 0.05) is 40.8 Å². The maximum absolute atomic E-state index is 13.1. The average Bonchev–Trinajstić information content (AvgIpc) is 3.19. The van der Waals surface area contributed by atoms with Gasteiger partial charge in [-0.05, 0) is 12.0 Å². The number of Topliss-reactive ketones (excluding diaryl/α,β-unsaturated/α-hetero) is 1. The highest BCUT2D eigenvalue weighted by Gasteiger charge is 2.37. The van der Waals surface area contributed by atoms with Crippen molar-refractivity contribution < 1.29 is 14.5 Å². The van der Waals surface area contributed by atoms with E-state index in [1.54, 1.807) is 24.3 Å². The summed E-state index contributed by atoms with van der Waals surface area (Å²) in [6.45, 7) is 0. The molecule has 0 radical (unpaired) electrons. The van der Waals surface area contributed by atoms with Gasteiger partial charge in [-0.25, -0.2) is 0 Å². The molecule has 0 atom stereocenters. The lowest BCUT2D eigenvalue weighted by molar-refractivity contribution is -0.384. The molecule has 2 aromatic carbocycles. The zero-order valence-electron chi connectivity index (χ0n) is 14.1. The van der Waals surface area contributed by atoms with Gasteiger partial charge in [0.2, 0.25) is 0 Å². The van der Waals surface area contributed by atoms with Crippen LogP contribution in [0, 0.1) is 10.1 Å². The molecule has 0 aliphatic heterocycles. The van der Waals surface area contributed by atoms with Crippen molar-refractivity contribution in [3.63, 3.8) is 0 Å². The Labute approximate surface area is 153 Å². The number of carbonyl (C=O) groups is 2. The molecule has 130 valence electrons. The maximum atomic E-state index is 13.1. The summed E-state index contributed by atoms with van der Waals surface area (Å²) in [5.41, 5.74) is 4.18. The Bertz CT molecular complexity index is 1200. The standard InChI is InChI=1S/C21H12N2O4/c24-16-9-8-15-18(16)17(11-4-3-5-12(10-11)23(26)27)19-20(22-15)13-6-1-2-7-14(13)21(19)25/h1-7,10H,8-9H2. The van der Waals surface area contributed by atoms with E-state index in [0.29, 0.717) is 52.0 Å². The SMILES string of the molecule is O=C1CCc2nc3c(c(-c4cccc([N+](=O)[O-])c4)c21)C(=O)c1ccccc1-3. The number of non-ortho nitro benzene ring substituents is 1. The normalized spacial score (nSPS) is 14.1. The van der Waals surface area contributed by atoms with E-state index in [1.807, 2.05) is 12.1 Å². The van der Waals surface area contributed by atoms with Gasteiger partial charge >= 0.3 is 0 Å². The van der Waals surface area contributed by atoms with Crippen molar-refractivity contribution in [2.75, 3.05) is 0 Å². The molecule has 1 aromatic heterocycles. The molecular formula is C21H12N2O4. The summed E-state index contributed by atoms with van der Waals surface area (Å²) < 4.78 is 0. The number of fused-ring (bicyclic) bond motifs is 4. The van der Waals surface area contributed by atoms with Gasteiger partial charge in [0.1, 0.15) is 0 Å². The Morgan fingerprint density at radius 1 is 0.889 bits per heavy atom. The van der Waals surface area contributed by atoms with E-state index >= 15 is 0 Å². The molecule has 27 heavy (non-hydrogen) atoms. The second-order valence-corrected chi connectivity index (χ2v) is 6.64. The second kappa shape index (κ2) is 5.41. The third-order valence-electron chi connectivity index (χ3n) is 5.14. The van der Waals surface area contributed by atoms with Crippen molar-refractivity contribution in [1.29, 1.82) is 0 Å². The molecule has 0 fully saturated rings. The van der Waals surface area contributed by atoms with Crippen molar-refractivity contribution in [3.8, 4) is 22.4 Å². The van der Waals surface area contributed by atoms with Gasteiger partial charge < -0.3 is 0 Å². The molecule has 0 saturated heterocycles. The number of benzene rings is 2. The van der Waals surface area contributed by atoms with Crippen LogP contribution in [0.1, 0.15) is 38.4 Å². The van der Waals surface area contributed by atoms with Crippen LogP contribution in [0.2, 0.25) is 0 Å². The Morgan fingerprint density at radius 2 is 1.67 bits per heavy atom. The number of nitro groups is 1. The zero-order valence-corrected chi connectivity index (χ0v) is 14.1. The van der Waals surface area contributed by atoms with Crippen molar-refractivity contribution >= 4 is 17.3 Å². The number of carbonyl (C=O) groups excluding carboxylic acids is 2. The Kier molecular flexibility index (Phi) is 3.12. The number of aryl methyl sites for hydroxylation is 1. The number of aromatic nitrogens is 1. The molecule has 0 N–H and O–H groups in total. The summed E-state index contributed by atoms with van der Waals surface area (Å²) in [4.78, 5) is 41.1. The molecule has 6 heteroatoms. The first-order valence-corrected chi connectivity index (χ1v) is 8.55. The first-order chi connectivity index (χ1) is 13.1. The molecule has 6 nitrogen and oxygen atoms in total. The van der Waals surface area contributed by atoms with Crippen LogP contribution in [-0.2, 0) is 6.42 Å². The zero-order chi connectivity index (χ0) is 18.7. The Morgan fingerprint density at radius 3 is 2.44 bits per heavy atom. The predicted octanol–water partition coefficient (Wildman–Crippen LogP) is 4.00. The lowest BCUT2D eigenvalue weighted by Gasteiger charge is -2.13. The topological polar surface area (TPSA) is 90.2 Å². The monoisotopic (exact) mass is 356 g/mol. The lowest BCUT2D eigenvalue weighted by Crippen LogP contribution is -2.06. The largest absolute Gasteiger partial charge is 0.294 e. The fourth-order valence-corrected chi connectivity index (χ4v) is 3.97. The van der Waals surface area contributed by atoms with Gasteiger partial charge in [-0.2, -0.15) is 0 Å². The molecule has 2 aliphatic carbocycles. The molecule has 0 spiro atoms. The number of nitro benzene ring substituents is 1. The lowest BCUT2D eigenvalue weighted by atomic mass is 9.91. The summed E-state index contributed by atoms with van der Waals surface area (Å²) in [6.07, 6.45) is 0.850. The third-order valence-corrected chi connectivity index (χ3v) is 5.14. The molecule has 0 bridgehead atoms. The molecule has 3 aromatic rings. The number of hydrogen-bond donors (Lipinski definition) is 0. The highest BCUT2D eigenvalue weighted by molar-refractivity contribution is 6.26. The molecule has 0 saturated carbocycles. The highest BCUT2D eigenvalue weighted by atomic mass is 16.6. The van der Waals surface area contributed by atoms with E-state index < -0.39 is 4.92 Å². The van der Waals surface area contributed by atoms with Gasteiger partial charge in [0.05, 0.1) is 21.9 Å². The Hall–Kier alpha value is -3.67. The van der Waals surface area contributed by atoms with Gasteiger partial charge in [0.15, 0.2) is 11.6 Å². The van der Waals surface area contributed by atoms with E-state index in [-0.39, 0.29) is 17.3 Å². The second-order valence-electron chi connectivity index (χ2n) is 6.64.